The van der Waals surface area contributed by atoms with Crippen LogP contribution >= 0.6 is 0 Å². The molecule has 0 aliphatic carbocycles. The molecule has 3 nitrogen and oxygen atoms in total. The Morgan fingerprint density at radius 1 is 0.272 bits per heavy atom. The summed E-state index contributed by atoms with van der Waals surface area (Å²) in [5.74, 6) is 11.8. The van der Waals surface area contributed by atoms with Crippen LogP contribution in [0.1, 0.15) is 320 Å². The highest BCUT2D eigenvalue weighted by Crippen LogP contribution is 2.28. The van der Waals surface area contributed by atoms with Gasteiger partial charge in [0.1, 0.15) is 17.3 Å². The molecule has 1 aliphatic heterocycles. The Balaban J connectivity index is -0.000000173. The molecule has 0 saturated carbocycles. The van der Waals surface area contributed by atoms with Gasteiger partial charge in [0.15, 0.2) is 0 Å². The minimum atomic E-state index is 0.513. The highest BCUT2D eigenvalue weighted by Gasteiger charge is 2.12. The molecule has 3 heteroatoms. The normalized spacial score (nSPS) is 10.0. The first-order valence-corrected chi connectivity index (χ1v) is 35.7. The van der Waals surface area contributed by atoms with Crippen LogP contribution in [-0.2, 0) is 6.42 Å². The van der Waals surface area contributed by atoms with E-state index in [-0.39, 0.29) is 0 Å². The van der Waals surface area contributed by atoms with E-state index in [9.17, 15) is 0 Å². The van der Waals surface area contributed by atoms with Crippen molar-refractivity contribution in [2.24, 2.45) is 29.6 Å². The molecule has 0 saturated heterocycles. The molecule has 0 radical (unpaired) electrons. The second-order valence-corrected chi connectivity index (χ2v) is 27.7. The minimum absolute atomic E-state index is 0.513. The molecule has 1 N–H and O–H groups in total. The van der Waals surface area contributed by atoms with E-state index in [0.29, 0.717) is 41.4 Å². The van der Waals surface area contributed by atoms with Crippen LogP contribution in [0.5, 0.6) is 5.75 Å². The number of aliphatic hydroxyl groups is 1. The number of aliphatic hydroxyl groups excluding tert-OH is 1. The van der Waals surface area contributed by atoms with Crippen LogP contribution in [0.4, 0.5) is 0 Å². The van der Waals surface area contributed by atoms with E-state index in [1.54, 1.807) is 0 Å². The lowest BCUT2D eigenvalue weighted by Gasteiger charge is -2.06. The molecule has 1 aliphatic rings. The van der Waals surface area contributed by atoms with Crippen LogP contribution in [0, 0.1) is 36.5 Å². The quantitative estimate of drug-likeness (QED) is 0.173. The lowest BCUT2D eigenvalue weighted by molar-refractivity contribution is 0.357. The predicted molar refractivity (Wildman–Crippen MR) is 423 cm³/mol. The molecule has 1 aromatic heterocycles. The Hall–Kier alpha value is -5.64. The number of benzene rings is 6. The number of ether oxygens (including phenoxy) is 1. The van der Waals surface area contributed by atoms with Crippen LogP contribution in [0.2, 0.25) is 0 Å². The number of fused-ring (bicyclic) bond motifs is 1. The van der Waals surface area contributed by atoms with Crippen molar-refractivity contribution in [3.05, 3.63) is 232 Å². The molecule has 0 spiro atoms. The van der Waals surface area contributed by atoms with Crippen molar-refractivity contribution in [3.63, 3.8) is 0 Å². The zero-order valence-corrected chi connectivity index (χ0v) is 66.9. The summed E-state index contributed by atoms with van der Waals surface area (Å²) in [4.78, 5) is 0. The standard InChI is InChI=1S/C11H14O.5C9H12.C8H12O.5C4H10.2C2H6.CH4O/c1-8(2)9-3-4-11-10(7-9)5-6-12-11;5*1-8(2)9-6-4-3-5-7-9;1-6(2)8-5-4-7(3)9-8;5*1-4(2)3;3*1-2/h3-4,7-8H,5-6H2,1-2H3;5*3-8H,1-2H3;4-6H,1-3H3;5*4H,1-3H3;2*1-2H3;2H,1H3. The van der Waals surface area contributed by atoms with E-state index in [1.165, 1.54) is 38.9 Å². The fraction of sp³-hybridized carbons (Fsp3) is 0.551. The van der Waals surface area contributed by atoms with Gasteiger partial charge in [0, 0.05) is 19.4 Å². The minimum Gasteiger partial charge on any atom is -0.493 e. The molecule has 92 heavy (non-hydrogen) atoms. The number of hydrogen-bond donors (Lipinski definition) is 1. The zero-order valence-electron chi connectivity index (χ0n) is 66.9. The van der Waals surface area contributed by atoms with Crippen molar-refractivity contribution in [1.29, 1.82) is 0 Å². The fourth-order valence-electron chi connectivity index (χ4n) is 6.52. The Morgan fingerprint density at radius 3 is 0.641 bits per heavy atom. The van der Waals surface area contributed by atoms with Gasteiger partial charge in [0.2, 0.25) is 0 Å². The van der Waals surface area contributed by atoms with Crippen LogP contribution < -0.4 is 4.74 Å². The van der Waals surface area contributed by atoms with Crippen molar-refractivity contribution in [1.82, 2.24) is 0 Å². The SMILES string of the molecule is CC.CC.CC(C)C.CC(C)C.CC(C)C.CC(C)C.CC(C)C.CC(C)c1ccc2c(c1)CCO2.CC(C)c1ccccc1.CC(C)c1ccccc1.CC(C)c1ccccc1.CC(C)c1ccccc1.CC(C)c1ccccc1.CO.Cc1ccc(C(C)C)o1. The third-order valence-electron chi connectivity index (χ3n) is 11.0. The molecule has 2 heterocycles. The van der Waals surface area contributed by atoms with E-state index in [2.05, 4.69) is 340 Å². The lowest BCUT2D eigenvalue weighted by atomic mass is 10.00. The van der Waals surface area contributed by atoms with E-state index >= 15 is 0 Å². The molecule has 6 aromatic carbocycles. The summed E-state index contributed by atoms with van der Waals surface area (Å²) in [6, 6.07) is 63.1. The first-order chi connectivity index (χ1) is 43.2. The second kappa shape index (κ2) is 68.2. The largest absolute Gasteiger partial charge is 0.493 e. The maximum atomic E-state index is 7.00. The van der Waals surface area contributed by atoms with Crippen molar-refractivity contribution < 1.29 is 14.3 Å². The van der Waals surface area contributed by atoms with Gasteiger partial charge in [-0.3, -0.25) is 0 Å². The smallest absolute Gasteiger partial charge is 0.122 e. The van der Waals surface area contributed by atoms with E-state index < -0.39 is 0 Å². The monoisotopic (exact) mass is 1270 g/mol. The topological polar surface area (TPSA) is 42.6 Å². The highest BCUT2D eigenvalue weighted by atomic mass is 16.5. The molecular formula is C89H152O3. The number of furan rings is 1. The maximum absolute atomic E-state index is 7.00. The van der Waals surface area contributed by atoms with Gasteiger partial charge in [-0.15, -0.1) is 0 Å². The molecule has 0 fully saturated rings. The first kappa shape index (κ1) is 99.9. The zero-order chi connectivity index (χ0) is 72.7. The summed E-state index contributed by atoms with van der Waals surface area (Å²) in [6.45, 7) is 74.0. The molecular weight excluding hydrogens is 1120 g/mol. The second-order valence-electron chi connectivity index (χ2n) is 27.7. The number of hydrogen-bond acceptors (Lipinski definition) is 3. The summed E-state index contributed by atoms with van der Waals surface area (Å²) in [6.07, 6.45) is 1.08. The summed E-state index contributed by atoms with van der Waals surface area (Å²) in [5, 5.41) is 7.00. The average molecular weight is 1270 g/mol. The first-order valence-electron chi connectivity index (χ1n) is 35.7. The number of aryl methyl sites for hydroxylation is 1. The Bertz CT molecular complexity index is 2160. The van der Waals surface area contributed by atoms with Gasteiger partial charge < -0.3 is 14.3 Å². The third-order valence-corrected chi connectivity index (χ3v) is 11.0. The van der Waals surface area contributed by atoms with Crippen LogP contribution in [0.3, 0.4) is 0 Å². The summed E-state index contributed by atoms with van der Waals surface area (Å²) in [7, 11) is 1.00. The van der Waals surface area contributed by atoms with Crippen molar-refractivity contribution in [2.75, 3.05) is 13.7 Å². The van der Waals surface area contributed by atoms with Gasteiger partial charge in [0.25, 0.3) is 0 Å². The average Bonchev–Trinajstić information content (AvgIpc) is 1.84. The van der Waals surface area contributed by atoms with Gasteiger partial charge in [0.05, 0.1) is 6.61 Å². The van der Waals surface area contributed by atoms with E-state index in [0.717, 1.165) is 67.0 Å². The summed E-state index contributed by atoms with van der Waals surface area (Å²) in [5.41, 5.74) is 9.86. The molecule has 0 atom stereocenters. The van der Waals surface area contributed by atoms with Crippen LogP contribution in [0.25, 0.3) is 0 Å². The summed E-state index contributed by atoms with van der Waals surface area (Å²) >= 11 is 0. The van der Waals surface area contributed by atoms with Gasteiger partial charge in [-0.1, -0.05) is 392 Å². The van der Waals surface area contributed by atoms with Crippen LogP contribution in [0.15, 0.2) is 186 Å². The fourth-order valence-corrected chi connectivity index (χ4v) is 6.52. The Labute approximate surface area is 575 Å². The highest BCUT2D eigenvalue weighted by molar-refractivity contribution is 5.40. The Kier molecular flexibility index (Phi) is 74.1. The molecule has 0 unspecified atom stereocenters. The van der Waals surface area contributed by atoms with E-state index in [1.807, 2.05) is 77.1 Å². The van der Waals surface area contributed by atoms with E-state index in [4.69, 9.17) is 14.3 Å². The molecule has 526 valence electrons. The van der Waals surface area contributed by atoms with Gasteiger partial charge in [-0.25, -0.2) is 0 Å². The molecule has 0 bridgehead atoms. The van der Waals surface area contributed by atoms with Crippen molar-refractivity contribution >= 4 is 0 Å². The lowest BCUT2D eigenvalue weighted by Crippen LogP contribution is -1.87. The molecule has 7 aromatic rings. The number of rotatable bonds is 7. The Morgan fingerprint density at radius 2 is 0.489 bits per heavy atom. The third kappa shape index (κ3) is 71.8. The van der Waals surface area contributed by atoms with Crippen molar-refractivity contribution in [3.8, 4) is 5.75 Å². The molecule has 0 amide bonds. The van der Waals surface area contributed by atoms with Crippen LogP contribution in [-0.4, -0.2) is 18.8 Å². The van der Waals surface area contributed by atoms with Gasteiger partial charge in [-0.2, -0.15) is 0 Å². The maximum Gasteiger partial charge on any atom is 0.122 e. The molecule has 8 rings (SSSR count). The summed E-state index contributed by atoms with van der Waals surface area (Å²) < 4.78 is 10.8. The van der Waals surface area contributed by atoms with Crippen molar-refractivity contribution in [2.45, 2.75) is 283 Å². The van der Waals surface area contributed by atoms with Gasteiger partial charge in [-0.05, 0) is 129 Å². The predicted octanol–water partition coefficient (Wildman–Crippen LogP) is 29.5. The van der Waals surface area contributed by atoms with Gasteiger partial charge >= 0.3 is 0 Å².